The summed E-state index contributed by atoms with van der Waals surface area (Å²) < 4.78 is 21.9. The first-order valence-electron chi connectivity index (χ1n) is 3.23. The molecule has 0 aliphatic carbocycles. The number of nitrogens with zero attached hydrogens (tertiary/aromatic N) is 1. The van der Waals surface area contributed by atoms with Crippen LogP contribution >= 0.6 is 0 Å². The van der Waals surface area contributed by atoms with Crippen molar-refractivity contribution in [1.29, 1.82) is 0 Å². The molecule has 0 heterocycles. The predicted molar refractivity (Wildman–Crippen MR) is 44.8 cm³/mol. The van der Waals surface area contributed by atoms with Gasteiger partial charge in [-0.25, -0.2) is 13.3 Å². The van der Waals surface area contributed by atoms with Crippen molar-refractivity contribution in [3.05, 3.63) is 35.7 Å². The lowest BCUT2D eigenvalue weighted by Crippen LogP contribution is -2.18. The maximum absolute atomic E-state index is 11.0. The van der Waals surface area contributed by atoms with Gasteiger partial charge in [-0.15, -0.1) is 0 Å². The molecule has 1 rings (SSSR count). The van der Waals surface area contributed by atoms with Crippen LogP contribution < -0.4 is 4.89 Å². The van der Waals surface area contributed by atoms with Gasteiger partial charge in [0, 0.05) is 0 Å². The van der Waals surface area contributed by atoms with Crippen LogP contribution in [0.5, 0.6) is 0 Å². The molecule has 1 aromatic carbocycles. The average molecular weight is 198 g/mol. The highest BCUT2D eigenvalue weighted by Crippen LogP contribution is 2.15. The summed E-state index contributed by atoms with van der Waals surface area (Å²) in [6, 6.07) is 5.20. The number of rotatable bonds is 2. The number of hydrogen-bond acceptors (Lipinski definition) is 3. The van der Waals surface area contributed by atoms with Crippen LogP contribution in [0.1, 0.15) is 0 Å². The lowest BCUT2D eigenvalue weighted by molar-refractivity contribution is 0.242. The van der Waals surface area contributed by atoms with E-state index in [0.717, 1.165) is 0 Å². The summed E-state index contributed by atoms with van der Waals surface area (Å²) in [4.78, 5) is 4.20. The monoisotopic (exact) mass is 198 g/mol. The van der Waals surface area contributed by atoms with Crippen molar-refractivity contribution >= 4 is 15.7 Å². The molecule has 0 fully saturated rings. The molecule has 0 saturated heterocycles. The molecule has 68 valence electrons. The molecule has 0 atom stereocenters. The van der Waals surface area contributed by atoms with E-state index in [1.165, 1.54) is 29.2 Å². The largest absolute Gasteiger partial charge is 0.302 e. The van der Waals surface area contributed by atoms with E-state index >= 15 is 0 Å². The highest BCUT2D eigenvalue weighted by atomic mass is 32.2. The van der Waals surface area contributed by atoms with E-state index in [1.807, 2.05) is 0 Å². The molecule has 0 amide bonds. The zero-order valence-electron chi connectivity index (χ0n) is 6.43. The number of nitrogens with one attached hydrogen (secondary N) is 1. The van der Waals surface area contributed by atoms with E-state index < -0.39 is 10.0 Å². The Kier molecular flexibility index (Phi) is 2.63. The first-order valence-corrected chi connectivity index (χ1v) is 4.72. The average Bonchev–Trinajstić information content (AvgIpc) is 2.18. The molecule has 2 N–H and O–H groups in total. The molecule has 5 nitrogen and oxygen atoms in total. The Bertz CT molecular complexity index is 430. The van der Waals surface area contributed by atoms with Crippen LogP contribution in [-0.2, 0) is 10.0 Å². The summed E-state index contributed by atoms with van der Waals surface area (Å²) in [6.07, 6.45) is 0. The molecule has 0 aromatic heterocycles. The van der Waals surface area contributed by atoms with Crippen molar-refractivity contribution < 1.29 is 13.6 Å². The van der Waals surface area contributed by atoms with Crippen molar-refractivity contribution in [2.24, 2.45) is 0 Å². The topological polar surface area (TPSA) is 70.8 Å². The molecule has 0 aliphatic rings. The standard InChI is InChI=1S/C7H6N2O3S/c1-8-6-2-4-7(5-3-6)13(11,12)9-10/h2-5,9-10H. The van der Waals surface area contributed by atoms with Crippen molar-refractivity contribution in [2.75, 3.05) is 0 Å². The molecule has 0 spiro atoms. The fraction of sp³-hybridized carbons (Fsp3) is 0. The first-order chi connectivity index (χ1) is 6.10. The Morgan fingerprint density at radius 3 is 2.23 bits per heavy atom. The van der Waals surface area contributed by atoms with Gasteiger partial charge in [0.15, 0.2) is 5.69 Å². The maximum Gasteiger partial charge on any atom is 0.262 e. The van der Waals surface area contributed by atoms with Crippen LogP contribution in [0, 0.1) is 6.57 Å². The summed E-state index contributed by atoms with van der Waals surface area (Å²) in [5.74, 6) is 0. The minimum absolute atomic E-state index is 0.0811. The van der Waals surface area contributed by atoms with Gasteiger partial charge in [0.1, 0.15) is 0 Å². The smallest absolute Gasteiger partial charge is 0.262 e. The van der Waals surface area contributed by atoms with Gasteiger partial charge >= 0.3 is 0 Å². The van der Waals surface area contributed by atoms with E-state index in [4.69, 9.17) is 11.8 Å². The van der Waals surface area contributed by atoms with Crippen molar-refractivity contribution in [3.8, 4) is 0 Å². The van der Waals surface area contributed by atoms with Gasteiger partial charge in [0.25, 0.3) is 10.0 Å². The molecule has 0 bridgehead atoms. The highest BCUT2D eigenvalue weighted by molar-refractivity contribution is 7.89. The van der Waals surface area contributed by atoms with E-state index in [2.05, 4.69) is 4.85 Å². The quantitative estimate of drug-likeness (QED) is 0.548. The zero-order chi connectivity index (χ0) is 9.90. The Balaban J connectivity index is 3.15. The zero-order valence-corrected chi connectivity index (χ0v) is 7.25. The van der Waals surface area contributed by atoms with Crippen LogP contribution in [0.15, 0.2) is 29.2 Å². The Morgan fingerprint density at radius 1 is 1.31 bits per heavy atom. The third-order valence-electron chi connectivity index (χ3n) is 1.40. The molecular weight excluding hydrogens is 192 g/mol. The second kappa shape index (κ2) is 3.53. The van der Waals surface area contributed by atoms with Gasteiger partial charge in [-0.05, 0) is 0 Å². The fourth-order valence-electron chi connectivity index (χ4n) is 0.753. The van der Waals surface area contributed by atoms with Crippen LogP contribution in [-0.4, -0.2) is 13.6 Å². The molecular formula is C7H6N2O3S. The first kappa shape index (κ1) is 9.67. The Labute approximate surface area is 75.5 Å². The van der Waals surface area contributed by atoms with Crippen LogP contribution in [0.25, 0.3) is 4.85 Å². The third-order valence-corrected chi connectivity index (χ3v) is 2.53. The highest BCUT2D eigenvalue weighted by Gasteiger charge is 2.10. The second-order valence-electron chi connectivity index (χ2n) is 2.20. The van der Waals surface area contributed by atoms with Gasteiger partial charge in [-0.1, -0.05) is 29.2 Å². The Hall–Kier alpha value is -1.42. The summed E-state index contributed by atoms with van der Waals surface area (Å²) >= 11 is 0. The fourth-order valence-corrected chi connectivity index (χ4v) is 1.35. The third kappa shape index (κ3) is 2.03. The molecule has 0 radical (unpaired) electrons. The Morgan fingerprint density at radius 2 is 1.85 bits per heavy atom. The summed E-state index contributed by atoms with van der Waals surface area (Å²) in [7, 11) is -3.82. The molecule has 0 unspecified atom stereocenters. The minimum atomic E-state index is -3.82. The maximum atomic E-state index is 11.0. The van der Waals surface area contributed by atoms with Crippen molar-refractivity contribution in [1.82, 2.24) is 4.89 Å². The van der Waals surface area contributed by atoms with E-state index in [9.17, 15) is 8.42 Å². The minimum Gasteiger partial charge on any atom is -0.302 e. The van der Waals surface area contributed by atoms with Crippen LogP contribution in [0.2, 0.25) is 0 Å². The normalized spacial score (nSPS) is 10.8. The van der Waals surface area contributed by atoms with Gasteiger partial charge < -0.3 is 5.21 Å². The summed E-state index contributed by atoms with van der Waals surface area (Å²) in [5.41, 5.74) is 0.344. The van der Waals surface area contributed by atoms with E-state index in [-0.39, 0.29) is 4.90 Å². The summed E-state index contributed by atoms with van der Waals surface area (Å²) in [6.45, 7) is 6.63. The van der Waals surface area contributed by atoms with Gasteiger partial charge in [-0.2, -0.15) is 0 Å². The van der Waals surface area contributed by atoms with E-state index in [0.29, 0.717) is 5.69 Å². The number of hydrogen-bond donors (Lipinski definition) is 2. The van der Waals surface area contributed by atoms with Gasteiger partial charge in [0.05, 0.1) is 11.5 Å². The summed E-state index contributed by atoms with van der Waals surface area (Å²) in [5, 5.41) is 8.28. The SMILES string of the molecule is [C-]#[N+]c1ccc(S(=O)(=O)NO)cc1. The lowest BCUT2D eigenvalue weighted by Gasteiger charge is -1.99. The number of sulfonamides is 1. The predicted octanol–water partition coefficient (Wildman–Crippen LogP) is 0.905. The molecule has 0 saturated carbocycles. The van der Waals surface area contributed by atoms with Crippen molar-refractivity contribution in [2.45, 2.75) is 4.90 Å². The van der Waals surface area contributed by atoms with Crippen LogP contribution in [0.4, 0.5) is 5.69 Å². The van der Waals surface area contributed by atoms with Crippen LogP contribution in [0.3, 0.4) is 0 Å². The van der Waals surface area contributed by atoms with Gasteiger partial charge in [0.2, 0.25) is 0 Å². The molecule has 6 heteroatoms. The van der Waals surface area contributed by atoms with E-state index in [1.54, 1.807) is 0 Å². The molecule has 0 aliphatic heterocycles. The van der Waals surface area contributed by atoms with Gasteiger partial charge in [-0.3, -0.25) is 0 Å². The molecule has 1 aromatic rings. The lowest BCUT2D eigenvalue weighted by atomic mass is 10.3. The van der Waals surface area contributed by atoms with Crippen molar-refractivity contribution in [3.63, 3.8) is 0 Å². The second-order valence-corrected chi connectivity index (χ2v) is 3.86. The number of benzene rings is 1. The molecule has 13 heavy (non-hydrogen) atoms.